The Morgan fingerprint density at radius 1 is 1.10 bits per heavy atom. The molecule has 3 aliphatic rings. The number of nitrogens with zero attached hydrogens (tertiary/aromatic N) is 2. The lowest BCUT2D eigenvalue weighted by Crippen LogP contribution is -2.61. The number of carbonyl (C=O) groups is 2. The van der Waals surface area contributed by atoms with E-state index in [4.69, 9.17) is 16.4 Å². The number of benzene rings is 2. The number of rotatable bonds is 5. The summed E-state index contributed by atoms with van der Waals surface area (Å²) in [5, 5.41) is 5.12. The average Bonchev–Trinajstić information content (AvgIpc) is 3.58. The molecule has 0 spiro atoms. The van der Waals surface area contributed by atoms with E-state index >= 15 is 0 Å². The second kappa shape index (κ2) is 9.64. The maximum Gasteiger partial charge on any atom is 0.435 e. The minimum absolute atomic E-state index is 0.0195. The van der Waals surface area contributed by atoms with Gasteiger partial charge in [0.1, 0.15) is 5.82 Å². The van der Waals surface area contributed by atoms with Gasteiger partial charge in [0.05, 0.1) is 28.8 Å². The summed E-state index contributed by atoms with van der Waals surface area (Å²) in [5.74, 6) is -2.00. The van der Waals surface area contributed by atoms with Crippen LogP contribution in [0.15, 0.2) is 35.5 Å². The number of hydrogen-bond donors (Lipinski definition) is 1. The van der Waals surface area contributed by atoms with Crippen molar-refractivity contribution in [3.8, 4) is 0 Å². The smallest absolute Gasteiger partial charge is 0.374 e. The molecule has 14 heteroatoms. The number of aryl methyl sites for hydroxylation is 1. The first-order valence-electron chi connectivity index (χ1n) is 12.2. The Morgan fingerprint density at radius 3 is 2.35 bits per heavy atom. The quantitative estimate of drug-likeness (QED) is 0.451. The van der Waals surface area contributed by atoms with Crippen molar-refractivity contribution in [1.82, 2.24) is 10.2 Å². The van der Waals surface area contributed by atoms with Gasteiger partial charge in [0.25, 0.3) is 11.5 Å². The lowest BCUT2D eigenvalue weighted by molar-refractivity contribution is -0.276. The molecular weight excluding hydrogens is 571 g/mol. The third-order valence-corrected chi connectivity index (χ3v) is 7.51. The van der Waals surface area contributed by atoms with Gasteiger partial charge in [0.2, 0.25) is 5.91 Å². The van der Waals surface area contributed by atoms with E-state index in [1.807, 2.05) is 0 Å². The zero-order chi connectivity index (χ0) is 29.2. The number of carbonyl (C=O) groups excluding carboxylic acids is 2. The van der Waals surface area contributed by atoms with Crippen LogP contribution in [0, 0.1) is 18.7 Å². The molecule has 2 fully saturated rings. The summed E-state index contributed by atoms with van der Waals surface area (Å²) in [4.78, 5) is 31.2. The van der Waals surface area contributed by atoms with Crippen LogP contribution in [0.25, 0.3) is 0 Å². The van der Waals surface area contributed by atoms with Gasteiger partial charge in [-0.05, 0) is 55.2 Å². The summed E-state index contributed by atoms with van der Waals surface area (Å²) in [6, 6.07) is 4.04. The van der Waals surface area contributed by atoms with E-state index in [2.05, 4.69) is 10.5 Å². The fourth-order valence-corrected chi connectivity index (χ4v) is 5.00. The highest BCUT2D eigenvalue weighted by atomic mass is 35.5. The standard InChI is InChI=1S/C26H21ClF7N3O3/c1-12-6-14(4-5-17(12)22(38)35-16-10-37(11-16)23(39)13-2-3-13)20-9-24(40-36-20,26(32,33)34)18-7-15(25(29,30)31)8-19(27)21(18)28/h4-8,13,16H,2-3,9-11H2,1H3,(H,35,38). The first-order chi connectivity index (χ1) is 18.6. The summed E-state index contributed by atoms with van der Waals surface area (Å²) in [7, 11) is 0. The van der Waals surface area contributed by atoms with Gasteiger partial charge < -0.3 is 15.1 Å². The van der Waals surface area contributed by atoms with Crippen LogP contribution < -0.4 is 5.32 Å². The van der Waals surface area contributed by atoms with Gasteiger partial charge in [-0.3, -0.25) is 9.59 Å². The van der Waals surface area contributed by atoms with Gasteiger partial charge in [0, 0.05) is 30.1 Å². The molecule has 1 unspecified atom stereocenters. The number of oxime groups is 1. The molecule has 1 N–H and O–H groups in total. The number of hydrogen-bond acceptors (Lipinski definition) is 4. The summed E-state index contributed by atoms with van der Waals surface area (Å²) < 4.78 is 97.5. The maximum atomic E-state index is 14.8. The summed E-state index contributed by atoms with van der Waals surface area (Å²) in [6.07, 6.45) is -9.86. The molecule has 2 aromatic carbocycles. The van der Waals surface area contributed by atoms with Crippen molar-refractivity contribution in [1.29, 1.82) is 0 Å². The van der Waals surface area contributed by atoms with Crippen molar-refractivity contribution in [3.63, 3.8) is 0 Å². The topological polar surface area (TPSA) is 71.0 Å². The second-order valence-electron chi connectivity index (χ2n) is 10.2. The molecule has 1 saturated heterocycles. The Morgan fingerprint density at radius 2 is 1.77 bits per heavy atom. The predicted octanol–water partition coefficient (Wildman–Crippen LogP) is 5.74. The second-order valence-corrected chi connectivity index (χ2v) is 10.6. The van der Waals surface area contributed by atoms with Crippen molar-refractivity contribution in [2.24, 2.45) is 11.1 Å². The Labute approximate surface area is 228 Å². The van der Waals surface area contributed by atoms with Gasteiger partial charge >= 0.3 is 12.4 Å². The Kier molecular flexibility index (Phi) is 6.79. The van der Waals surface area contributed by atoms with Gasteiger partial charge in [-0.15, -0.1) is 0 Å². The molecule has 1 saturated carbocycles. The molecule has 0 bridgehead atoms. The number of likely N-dealkylation sites (tertiary alicyclic amines) is 1. The van der Waals surface area contributed by atoms with Crippen LogP contribution in [0.4, 0.5) is 30.7 Å². The highest BCUT2D eigenvalue weighted by molar-refractivity contribution is 6.30. The molecule has 1 atom stereocenters. The van der Waals surface area contributed by atoms with Crippen molar-refractivity contribution in [2.75, 3.05) is 13.1 Å². The lowest BCUT2D eigenvalue weighted by Gasteiger charge is -2.39. The van der Waals surface area contributed by atoms with Gasteiger partial charge in [-0.2, -0.15) is 26.3 Å². The van der Waals surface area contributed by atoms with Gasteiger partial charge in [0.15, 0.2) is 0 Å². The molecule has 40 heavy (non-hydrogen) atoms. The Hall–Kier alpha value is -3.35. The molecule has 0 aromatic heterocycles. The van der Waals surface area contributed by atoms with Crippen LogP contribution in [0.2, 0.25) is 5.02 Å². The number of nitrogens with one attached hydrogen (secondary N) is 1. The van der Waals surface area contributed by atoms with Crippen molar-refractivity contribution < 1.29 is 45.2 Å². The van der Waals surface area contributed by atoms with E-state index in [0.29, 0.717) is 18.7 Å². The third-order valence-electron chi connectivity index (χ3n) is 7.24. The van der Waals surface area contributed by atoms with Crippen molar-refractivity contribution >= 4 is 29.1 Å². The molecule has 2 amide bonds. The molecule has 214 valence electrons. The van der Waals surface area contributed by atoms with Crippen LogP contribution in [0.3, 0.4) is 0 Å². The highest BCUT2D eigenvalue weighted by Gasteiger charge is 2.64. The SMILES string of the molecule is Cc1cc(C2=NOC(c3cc(C(F)(F)F)cc(Cl)c3F)(C(F)(F)F)C2)ccc1C(=O)NC1CN(C(=O)C2CC2)C1. The fourth-order valence-electron chi connectivity index (χ4n) is 4.78. The summed E-state index contributed by atoms with van der Waals surface area (Å²) >= 11 is 5.53. The average molecular weight is 592 g/mol. The molecule has 2 aliphatic heterocycles. The number of halogens is 8. The molecule has 0 radical (unpaired) electrons. The van der Waals surface area contributed by atoms with E-state index in [-0.39, 0.29) is 46.8 Å². The minimum atomic E-state index is -5.38. The maximum absolute atomic E-state index is 14.8. The predicted molar refractivity (Wildman–Crippen MR) is 128 cm³/mol. The minimum Gasteiger partial charge on any atom is -0.374 e. The van der Waals surface area contributed by atoms with E-state index < -0.39 is 52.2 Å². The van der Waals surface area contributed by atoms with Gasteiger partial charge in [-0.1, -0.05) is 22.8 Å². The zero-order valence-electron chi connectivity index (χ0n) is 20.7. The largest absolute Gasteiger partial charge is 0.435 e. The zero-order valence-corrected chi connectivity index (χ0v) is 21.5. The molecule has 2 aromatic rings. The third kappa shape index (κ3) is 4.99. The molecule has 6 nitrogen and oxygen atoms in total. The molecule has 1 aliphatic carbocycles. The van der Waals surface area contributed by atoms with E-state index in [9.17, 15) is 40.3 Å². The number of alkyl halides is 6. The highest BCUT2D eigenvalue weighted by Crippen LogP contribution is 2.51. The summed E-state index contributed by atoms with van der Waals surface area (Å²) in [5.41, 5.74) is -6.19. The molecule has 5 rings (SSSR count). The normalized spacial score (nSPS) is 21.5. The van der Waals surface area contributed by atoms with E-state index in [0.717, 1.165) is 12.8 Å². The van der Waals surface area contributed by atoms with Crippen LogP contribution in [-0.4, -0.2) is 47.7 Å². The van der Waals surface area contributed by atoms with E-state index in [1.54, 1.807) is 11.8 Å². The molecular formula is C26H21ClF7N3O3. The van der Waals surface area contributed by atoms with Crippen LogP contribution in [-0.2, 0) is 21.4 Å². The molecule has 2 heterocycles. The van der Waals surface area contributed by atoms with Crippen LogP contribution in [0.5, 0.6) is 0 Å². The van der Waals surface area contributed by atoms with Crippen molar-refractivity contribution in [3.05, 3.63) is 69.0 Å². The number of amides is 2. The fraction of sp³-hybridized carbons (Fsp3) is 0.423. The monoisotopic (exact) mass is 591 g/mol. The first-order valence-corrected chi connectivity index (χ1v) is 12.6. The first kappa shape index (κ1) is 28.2. The Bertz CT molecular complexity index is 1420. The Balaban J connectivity index is 1.35. The van der Waals surface area contributed by atoms with Crippen LogP contribution >= 0.6 is 11.6 Å². The lowest BCUT2D eigenvalue weighted by atomic mass is 9.85. The van der Waals surface area contributed by atoms with Crippen LogP contribution in [0.1, 0.15) is 51.9 Å². The summed E-state index contributed by atoms with van der Waals surface area (Å²) in [6.45, 7) is 2.33. The van der Waals surface area contributed by atoms with Gasteiger partial charge in [-0.25, -0.2) is 4.39 Å². The van der Waals surface area contributed by atoms with Crippen molar-refractivity contribution in [2.45, 2.75) is 50.2 Å². The van der Waals surface area contributed by atoms with E-state index in [1.165, 1.54) is 18.2 Å².